The summed E-state index contributed by atoms with van der Waals surface area (Å²) in [6.07, 6.45) is 13.7. The molecule has 0 heterocycles. The summed E-state index contributed by atoms with van der Waals surface area (Å²) in [6, 6.07) is 14.8. The second-order valence-electron chi connectivity index (χ2n) is 9.25. The summed E-state index contributed by atoms with van der Waals surface area (Å²) in [6.45, 7) is 9.24. The Balaban J connectivity index is 2.28. The summed E-state index contributed by atoms with van der Waals surface area (Å²) >= 11 is 0. The van der Waals surface area contributed by atoms with Crippen LogP contribution in [0.2, 0.25) is 0 Å². The molecule has 0 fully saturated rings. The molecular formula is C28H42O. The Morgan fingerprint density at radius 1 is 0.690 bits per heavy atom. The number of hydrogen-bond acceptors (Lipinski definition) is 1. The topological polar surface area (TPSA) is 20.2 Å². The van der Waals surface area contributed by atoms with Crippen LogP contribution >= 0.6 is 0 Å². The molecule has 2 aromatic carbocycles. The molecule has 0 aliphatic carbocycles. The number of benzene rings is 2. The van der Waals surface area contributed by atoms with Crippen molar-refractivity contribution in [2.24, 2.45) is 0 Å². The maximum atomic E-state index is 10.3. The summed E-state index contributed by atoms with van der Waals surface area (Å²) in [4.78, 5) is 0. The van der Waals surface area contributed by atoms with Crippen molar-refractivity contribution < 1.29 is 5.11 Å². The SMILES string of the molecule is CCCCCCc1cccc(C(C)(C)Cc2ccccc2O)c1CCCCCC. The average molecular weight is 395 g/mol. The Kier molecular flexibility index (Phi) is 9.78. The Hall–Kier alpha value is -1.76. The maximum Gasteiger partial charge on any atom is 0.118 e. The van der Waals surface area contributed by atoms with E-state index in [1.54, 1.807) is 17.2 Å². The van der Waals surface area contributed by atoms with Crippen molar-refractivity contribution in [3.8, 4) is 5.75 Å². The monoisotopic (exact) mass is 394 g/mol. The molecule has 0 saturated heterocycles. The standard InChI is InChI=1S/C28H42O/c1-5-7-9-11-16-23-18-15-20-26(25(23)19-12-10-8-6-2)28(3,4)22-24-17-13-14-21-27(24)29/h13-15,17-18,20-21,29H,5-12,16,19,22H2,1-4H3. The number of aryl methyl sites for hydroxylation is 1. The molecule has 1 nitrogen and oxygen atoms in total. The van der Waals surface area contributed by atoms with Crippen molar-refractivity contribution in [2.45, 2.75) is 104 Å². The fraction of sp³-hybridized carbons (Fsp3) is 0.571. The van der Waals surface area contributed by atoms with Crippen LogP contribution in [0.25, 0.3) is 0 Å². The molecule has 0 aromatic heterocycles. The van der Waals surface area contributed by atoms with Gasteiger partial charge in [-0.05, 0) is 65.8 Å². The summed E-state index contributed by atoms with van der Waals surface area (Å²) in [7, 11) is 0. The van der Waals surface area contributed by atoms with E-state index in [1.807, 2.05) is 12.1 Å². The second-order valence-corrected chi connectivity index (χ2v) is 9.25. The van der Waals surface area contributed by atoms with Gasteiger partial charge in [-0.3, -0.25) is 0 Å². The Bertz CT molecular complexity index is 729. The van der Waals surface area contributed by atoms with Gasteiger partial charge in [-0.25, -0.2) is 0 Å². The molecule has 0 radical (unpaired) electrons. The maximum absolute atomic E-state index is 10.3. The molecule has 2 rings (SSSR count). The highest BCUT2D eigenvalue weighted by Crippen LogP contribution is 2.35. The molecule has 0 atom stereocenters. The van der Waals surface area contributed by atoms with Crippen LogP contribution < -0.4 is 0 Å². The Morgan fingerprint density at radius 2 is 1.31 bits per heavy atom. The normalized spacial score (nSPS) is 11.7. The van der Waals surface area contributed by atoms with Crippen molar-refractivity contribution in [3.63, 3.8) is 0 Å². The van der Waals surface area contributed by atoms with E-state index in [-0.39, 0.29) is 5.41 Å². The predicted molar refractivity (Wildman–Crippen MR) is 127 cm³/mol. The third kappa shape index (κ3) is 7.21. The quantitative estimate of drug-likeness (QED) is 0.340. The molecule has 29 heavy (non-hydrogen) atoms. The van der Waals surface area contributed by atoms with Gasteiger partial charge in [-0.1, -0.05) is 103 Å². The molecule has 1 N–H and O–H groups in total. The molecular weight excluding hydrogens is 352 g/mol. The second kappa shape index (κ2) is 12.1. The minimum atomic E-state index is -0.00164. The van der Waals surface area contributed by atoms with Crippen LogP contribution in [0.3, 0.4) is 0 Å². The van der Waals surface area contributed by atoms with E-state index < -0.39 is 0 Å². The van der Waals surface area contributed by atoms with Gasteiger partial charge in [0.05, 0.1) is 0 Å². The fourth-order valence-electron chi connectivity index (χ4n) is 4.50. The van der Waals surface area contributed by atoms with Gasteiger partial charge in [0, 0.05) is 0 Å². The number of hydrogen-bond donors (Lipinski definition) is 1. The van der Waals surface area contributed by atoms with Crippen LogP contribution in [0.15, 0.2) is 42.5 Å². The first-order valence-corrected chi connectivity index (χ1v) is 11.9. The number of rotatable bonds is 13. The van der Waals surface area contributed by atoms with Crippen LogP contribution in [-0.4, -0.2) is 5.11 Å². The van der Waals surface area contributed by atoms with Crippen LogP contribution in [0.4, 0.5) is 0 Å². The number of para-hydroxylation sites is 1. The lowest BCUT2D eigenvalue weighted by atomic mass is 9.74. The zero-order valence-corrected chi connectivity index (χ0v) is 19.3. The first-order valence-electron chi connectivity index (χ1n) is 11.9. The third-order valence-corrected chi connectivity index (χ3v) is 6.21. The zero-order valence-electron chi connectivity index (χ0n) is 19.3. The summed E-state index contributed by atoms with van der Waals surface area (Å²) < 4.78 is 0. The average Bonchev–Trinajstić information content (AvgIpc) is 2.70. The number of phenolic OH excluding ortho intramolecular Hbond substituents is 1. The first kappa shape index (κ1) is 23.5. The summed E-state index contributed by atoms with van der Waals surface area (Å²) in [5.41, 5.74) is 5.66. The van der Waals surface area contributed by atoms with Crippen molar-refractivity contribution in [2.75, 3.05) is 0 Å². The van der Waals surface area contributed by atoms with Crippen LogP contribution in [0.1, 0.15) is 101 Å². The van der Waals surface area contributed by atoms with Crippen molar-refractivity contribution in [1.82, 2.24) is 0 Å². The predicted octanol–water partition coefficient (Wildman–Crippen LogP) is 8.16. The molecule has 160 valence electrons. The van der Waals surface area contributed by atoms with E-state index >= 15 is 0 Å². The third-order valence-electron chi connectivity index (χ3n) is 6.21. The Labute approximate surface area is 179 Å². The van der Waals surface area contributed by atoms with Crippen LogP contribution in [-0.2, 0) is 24.7 Å². The van der Waals surface area contributed by atoms with Crippen molar-refractivity contribution in [3.05, 3.63) is 64.7 Å². The molecule has 0 amide bonds. The van der Waals surface area contributed by atoms with Gasteiger partial charge in [0.15, 0.2) is 0 Å². The van der Waals surface area contributed by atoms with E-state index in [1.165, 1.54) is 69.8 Å². The van der Waals surface area contributed by atoms with E-state index in [4.69, 9.17) is 0 Å². The summed E-state index contributed by atoms with van der Waals surface area (Å²) in [5, 5.41) is 10.3. The molecule has 0 saturated carbocycles. The van der Waals surface area contributed by atoms with E-state index in [2.05, 4.69) is 52.0 Å². The number of aromatic hydroxyl groups is 1. The fourth-order valence-corrected chi connectivity index (χ4v) is 4.50. The van der Waals surface area contributed by atoms with Gasteiger partial charge >= 0.3 is 0 Å². The summed E-state index contributed by atoms with van der Waals surface area (Å²) in [5.74, 6) is 0.417. The van der Waals surface area contributed by atoms with Crippen molar-refractivity contribution >= 4 is 0 Å². The van der Waals surface area contributed by atoms with Gasteiger partial charge in [-0.2, -0.15) is 0 Å². The van der Waals surface area contributed by atoms with Gasteiger partial charge in [0.25, 0.3) is 0 Å². The lowest BCUT2D eigenvalue weighted by Gasteiger charge is -2.30. The largest absolute Gasteiger partial charge is 0.508 e. The molecule has 2 aromatic rings. The highest BCUT2D eigenvalue weighted by atomic mass is 16.3. The van der Waals surface area contributed by atoms with Crippen molar-refractivity contribution in [1.29, 1.82) is 0 Å². The molecule has 0 aliphatic heterocycles. The molecule has 0 bridgehead atoms. The minimum Gasteiger partial charge on any atom is -0.508 e. The van der Waals surface area contributed by atoms with Crippen LogP contribution in [0, 0.1) is 0 Å². The molecule has 1 heteroatoms. The van der Waals surface area contributed by atoms with Gasteiger partial charge in [-0.15, -0.1) is 0 Å². The van der Waals surface area contributed by atoms with E-state index in [9.17, 15) is 5.11 Å². The molecule has 0 unspecified atom stereocenters. The van der Waals surface area contributed by atoms with Gasteiger partial charge in [0.1, 0.15) is 5.75 Å². The smallest absolute Gasteiger partial charge is 0.118 e. The molecule has 0 aliphatic rings. The minimum absolute atomic E-state index is 0.00164. The van der Waals surface area contributed by atoms with E-state index in [0.29, 0.717) is 5.75 Å². The van der Waals surface area contributed by atoms with Gasteiger partial charge < -0.3 is 5.11 Å². The number of unbranched alkanes of at least 4 members (excludes halogenated alkanes) is 6. The van der Waals surface area contributed by atoms with E-state index in [0.717, 1.165) is 12.0 Å². The first-order chi connectivity index (χ1) is 14.0. The lowest BCUT2D eigenvalue weighted by Crippen LogP contribution is -2.23. The Morgan fingerprint density at radius 3 is 1.97 bits per heavy atom. The van der Waals surface area contributed by atoms with Crippen LogP contribution in [0.5, 0.6) is 5.75 Å². The lowest BCUT2D eigenvalue weighted by molar-refractivity contribution is 0.449. The highest BCUT2D eigenvalue weighted by molar-refractivity contribution is 5.42. The number of phenols is 1. The highest BCUT2D eigenvalue weighted by Gasteiger charge is 2.26. The van der Waals surface area contributed by atoms with Gasteiger partial charge in [0.2, 0.25) is 0 Å². The molecule has 0 spiro atoms. The zero-order chi connectivity index (χ0) is 21.1.